The molecule has 0 bridgehead atoms. The number of methoxy groups -OCH3 is 1. The van der Waals surface area contributed by atoms with Crippen molar-refractivity contribution >= 4 is 11.6 Å². The number of aromatic nitrogens is 2. The monoisotopic (exact) mass is 482 g/mol. The summed E-state index contributed by atoms with van der Waals surface area (Å²) < 4.78 is 29.5. The first kappa shape index (κ1) is 24.2. The molecule has 3 aromatic rings. The van der Waals surface area contributed by atoms with E-state index >= 15 is 0 Å². The van der Waals surface area contributed by atoms with Crippen molar-refractivity contribution < 1.29 is 28.3 Å². The summed E-state index contributed by atoms with van der Waals surface area (Å²) in [4.78, 5) is 19.2. The van der Waals surface area contributed by atoms with Crippen LogP contribution in [-0.4, -0.2) is 53.0 Å². The summed E-state index contributed by atoms with van der Waals surface area (Å²) in [5.74, 6) is 0.376. The minimum Gasteiger partial charge on any atom is -0.504 e. The number of carbonyl (C=O) groups excluding carboxylic acids is 1. The molecule has 1 aliphatic rings. The molecule has 0 fully saturated rings. The number of amides is 2. The first-order valence-corrected chi connectivity index (χ1v) is 11.3. The van der Waals surface area contributed by atoms with Crippen LogP contribution in [0.1, 0.15) is 37.8 Å². The Balaban J connectivity index is 1.75. The lowest BCUT2D eigenvalue weighted by Gasteiger charge is -2.35. The highest BCUT2D eigenvalue weighted by atomic mass is 19.1. The zero-order valence-electron chi connectivity index (χ0n) is 19.7. The van der Waals surface area contributed by atoms with Gasteiger partial charge in [-0.15, -0.1) is 0 Å². The molecule has 1 aliphatic heterocycles. The quantitative estimate of drug-likeness (QED) is 0.432. The second-order valence-electron chi connectivity index (χ2n) is 7.95. The molecular weight excluding hydrogens is 455 g/mol. The lowest BCUT2D eigenvalue weighted by atomic mass is 9.94. The van der Waals surface area contributed by atoms with Crippen molar-refractivity contribution in [2.45, 2.75) is 26.3 Å². The summed E-state index contributed by atoms with van der Waals surface area (Å²) in [5.41, 5.74) is 2.43. The van der Waals surface area contributed by atoms with Gasteiger partial charge < -0.3 is 24.4 Å². The number of urea groups is 1. The van der Waals surface area contributed by atoms with Crippen LogP contribution in [0.15, 0.2) is 52.7 Å². The number of phenols is 1. The largest absolute Gasteiger partial charge is 0.504 e. The predicted octanol–water partition coefficient (Wildman–Crippen LogP) is 4.51. The van der Waals surface area contributed by atoms with Gasteiger partial charge in [0.1, 0.15) is 5.82 Å². The summed E-state index contributed by atoms with van der Waals surface area (Å²) >= 11 is 0. The third kappa shape index (κ3) is 5.12. The standard InChI is InChI=1S/C25H27FN4O5/c1-4-34-13-5-12-30-15(2)21(24-28-23(29-35-24)16-6-9-18(26)10-7-16)22(27-25(30)32)17-8-11-20(33-3)19(31)14-17/h6-11,14,22,31H,4-5,12-13H2,1-3H3,(H,27,32). The number of benzene rings is 2. The third-order valence-corrected chi connectivity index (χ3v) is 5.77. The van der Waals surface area contributed by atoms with Crippen LogP contribution in [-0.2, 0) is 4.74 Å². The number of aromatic hydroxyl groups is 1. The van der Waals surface area contributed by atoms with E-state index in [2.05, 4.69) is 15.5 Å². The fraction of sp³-hybridized carbons (Fsp3) is 0.320. The molecule has 184 valence electrons. The van der Waals surface area contributed by atoms with Gasteiger partial charge in [-0.05, 0) is 62.2 Å². The molecule has 0 spiro atoms. The maximum absolute atomic E-state index is 13.3. The molecule has 0 saturated carbocycles. The summed E-state index contributed by atoms with van der Waals surface area (Å²) in [5, 5.41) is 17.4. The number of phenolic OH excluding ortho intramolecular Hbond substituents is 1. The van der Waals surface area contributed by atoms with Crippen molar-refractivity contribution in [2.24, 2.45) is 0 Å². The normalized spacial score (nSPS) is 15.9. The van der Waals surface area contributed by atoms with E-state index in [9.17, 15) is 14.3 Å². The molecule has 10 heteroatoms. The molecule has 2 aromatic carbocycles. The number of ether oxygens (including phenoxy) is 2. The zero-order valence-corrected chi connectivity index (χ0v) is 19.7. The van der Waals surface area contributed by atoms with Gasteiger partial charge in [-0.3, -0.25) is 4.90 Å². The van der Waals surface area contributed by atoms with Gasteiger partial charge in [0.15, 0.2) is 11.5 Å². The SMILES string of the molecule is CCOCCCN1C(=O)NC(c2ccc(OC)c(O)c2)C(c2nc(-c3ccc(F)cc3)no2)=C1C. The van der Waals surface area contributed by atoms with Crippen LogP contribution < -0.4 is 10.1 Å². The van der Waals surface area contributed by atoms with Crippen molar-refractivity contribution in [3.63, 3.8) is 0 Å². The summed E-state index contributed by atoms with van der Waals surface area (Å²) in [6.45, 7) is 5.28. The van der Waals surface area contributed by atoms with Crippen LogP contribution in [0.3, 0.4) is 0 Å². The zero-order chi connectivity index (χ0) is 24.9. The maximum atomic E-state index is 13.3. The number of hydrogen-bond donors (Lipinski definition) is 2. The maximum Gasteiger partial charge on any atom is 0.322 e. The second-order valence-corrected chi connectivity index (χ2v) is 7.95. The van der Waals surface area contributed by atoms with Crippen LogP contribution in [0.4, 0.5) is 9.18 Å². The molecule has 9 nitrogen and oxygen atoms in total. The molecule has 1 aromatic heterocycles. The Labute approximate surface area is 202 Å². The van der Waals surface area contributed by atoms with Gasteiger partial charge in [0.2, 0.25) is 5.82 Å². The molecule has 35 heavy (non-hydrogen) atoms. The number of rotatable bonds is 9. The average molecular weight is 483 g/mol. The number of hydrogen-bond acceptors (Lipinski definition) is 7. The van der Waals surface area contributed by atoms with Crippen molar-refractivity contribution in [3.05, 3.63) is 65.4 Å². The summed E-state index contributed by atoms with van der Waals surface area (Å²) in [7, 11) is 1.46. The minimum atomic E-state index is -0.663. The topological polar surface area (TPSA) is 110 Å². The molecule has 1 unspecified atom stereocenters. The van der Waals surface area contributed by atoms with Crippen LogP contribution >= 0.6 is 0 Å². The Morgan fingerprint density at radius 3 is 2.69 bits per heavy atom. The fourth-order valence-electron chi connectivity index (χ4n) is 3.98. The number of nitrogens with one attached hydrogen (secondary N) is 1. The molecule has 2 amide bonds. The first-order valence-electron chi connectivity index (χ1n) is 11.3. The van der Waals surface area contributed by atoms with Gasteiger partial charge in [0, 0.05) is 31.0 Å². The Hall–Kier alpha value is -3.92. The molecule has 0 aliphatic carbocycles. The Bertz CT molecular complexity index is 1220. The highest BCUT2D eigenvalue weighted by Gasteiger charge is 2.36. The van der Waals surface area contributed by atoms with Gasteiger partial charge in [-0.1, -0.05) is 11.2 Å². The average Bonchev–Trinajstić information content (AvgIpc) is 3.33. The Morgan fingerprint density at radius 1 is 1.23 bits per heavy atom. The van der Waals surface area contributed by atoms with E-state index in [1.807, 2.05) is 13.8 Å². The van der Waals surface area contributed by atoms with Gasteiger partial charge in [-0.25, -0.2) is 9.18 Å². The molecule has 1 atom stereocenters. The van der Waals surface area contributed by atoms with Gasteiger partial charge in [0.05, 0.1) is 18.7 Å². The van der Waals surface area contributed by atoms with E-state index in [1.54, 1.807) is 29.2 Å². The van der Waals surface area contributed by atoms with E-state index in [4.69, 9.17) is 14.0 Å². The molecule has 4 rings (SSSR count). The van der Waals surface area contributed by atoms with Crippen LogP contribution in [0, 0.1) is 5.82 Å². The van der Waals surface area contributed by atoms with Gasteiger partial charge in [-0.2, -0.15) is 4.98 Å². The molecule has 2 heterocycles. The molecule has 0 radical (unpaired) electrons. The molecule has 2 N–H and O–H groups in total. The second kappa shape index (κ2) is 10.6. The lowest BCUT2D eigenvalue weighted by molar-refractivity contribution is 0.136. The number of halogens is 1. The van der Waals surface area contributed by atoms with Gasteiger partial charge in [0.25, 0.3) is 5.89 Å². The molecular formula is C25H27FN4O5. The number of allylic oxidation sites excluding steroid dienone is 1. The van der Waals surface area contributed by atoms with E-state index in [0.29, 0.717) is 54.3 Å². The van der Waals surface area contributed by atoms with Crippen molar-refractivity contribution in [3.8, 4) is 22.9 Å². The van der Waals surface area contributed by atoms with E-state index in [1.165, 1.54) is 25.3 Å². The van der Waals surface area contributed by atoms with Crippen molar-refractivity contribution in [1.82, 2.24) is 20.4 Å². The lowest BCUT2D eigenvalue weighted by Crippen LogP contribution is -2.46. The molecule has 0 saturated heterocycles. The Kier molecular flexibility index (Phi) is 7.31. The smallest absolute Gasteiger partial charge is 0.322 e. The summed E-state index contributed by atoms with van der Waals surface area (Å²) in [6.07, 6.45) is 0.643. The number of carbonyl (C=O) groups is 1. The third-order valence-electron chi connectivity index (χ3n) is 5.77. The number of nitrogens with zero attached hydrogens (tertiary/aromatic N) is 3. The Morgan fingerprint density at radius 2 is 2.00 bits per heavy atom. The van der Waals surface area contributed by atoms with Crippen molar-refractivity contribution in [1.29, 1.82) is 0 Å². The fourth-order valence-corrected chi connectivity index (χ4v) is 3.98. The van der Waals surface area contributed by atoms with E-state index in [-0.39, 0.29) is 29.3 Å². The highest BCUT2D eigenvalue weighted by Crippen LogP contribution is 2.39. The van der Waals surface area contributed by atoms with E-state index in [0.717, 1.165) is 0 Å². The highest BCUT2D eigenvalue weighted by molar-refractivity contribution is 5.87. The van der Waals surface area contributed by atoms with E-state index < -0.39 is 6.04 Å². The van der Waals surface area contributed by atoms with Crippen molar-refractivity contribution in [2.75, 3.05) is 26.9 Å². The minimum absolute atomic E-state index is 0.0621. The van der Waals surface area contributed by atoms with Crippen LogP contribution in [0.25, 0.3) is 17.0 Å². The van der Waals surface area contributed by atoms with Gasteiger partial charge >= 0.3 is 6.03 Å². The first-order chi connectivity index (χ1) is 16.9. The summed E-state index contributed by atoms with van der Waals surface area (Å²) in [6, 6.07) is 9.71. The van der Waals surface area contributed by atoms with Crippen LogP contribution in [0.2, 0.25) is 0 Å². The van der Waals surface area contributed by atoms with Crippen LogP contribution in [0.5, 0.6) is 11.5 Å². The predicted molar refractivity (Wildman–Crippen MR) is 126 cm³/mol.